The van der Waals surface area contributed by atoms with Crippen molar-refractivity contribution < 1.29 is 9.59 Å². The Labute approximate surface area is 253 Å². The third kappa shape index (κ3) is 7.01. The normalized spacial score (nSPS) is 17.4. The molecule has 1 atom stereocenters. The molecule has 1 N–H and O–H groups in total. The molecule has 3 aromatic carbocycles. The second-order valence-corrected chi connectivity index (χ2v) is 11.5. The van der Waals surface area contributed by atoms with Gasteiger partial charge in [0.15, 0.2) is 0 Å². The van der Waals surface area contributed by atoms with E-state index in [1.807, 2.05) is 42.2 Å². The van der Waals surface area contributed by atoms with Gasteiger partial charge in [-0.3, -0.25) is 9.59 Å². The van der Waals surface area contributed by atoms with Crippen LogP contribution in [0.4, 0.5) is 11.4 Å². The lowest BCUT2D eigenvalue weighted by Gasteiger charge is -2.34. The molecule has 0 aliphatic carbocycles. The number of rotatable bonds is 6. The van der Waals surface area contributed by atoms with E-state index in [0.29, 0.717) is 26.9 Å². The van der Waals surface area contributed by atoms with Gasteiger partial charge in [0.1, 0.15) is 0 Å². The van der Waals surface area contributed by atoms with E-state index in [0.717, 1.165) is 62.1 Å². The molecule has 8 heteroatoms. The molecular formula is C32H36Cl3N3O2. The standard InChI is InChI=1S/C32H35Cl2N3O2.ClH/c1-22-20-25(35-31(38)28-10-3-4-11-29(28)34)13-14-27(22)32(39)37-26(16-19-36-17-5-2-6-18-36)9-7-8-23-21-24(33)12-15-30(23)37;/h3-4,10-15,20-21,26H,2,5-9,16-19H2,1H3,(H,35,38);1H. The Morgan fingerprint density at radius 3 is 2.45 bits per heavy atom. The zero-order valence-electron chi connectivity index (χ0n) is 22.8. The Morgan fingerprint density at radius 1 is 0.925 bits per heavy atom. The smallest absolute Gasteiger partial charge is 0.258 e. The van der Waals surface area contributed by atoms with Crippen LogP contribution < -0.4 is 10.2 Å². The summed E-state index contributed by atoms with van der Waals surface area (Å²) in [6, 6.07) is 18.4. The van der Waals surface area contributed by atoms with Gasteiger partial charge in [0.25, 0.3) is 11.8 Å². The number of nitrogens with one attached hydrogen (secondary N) is 1. The molecule has 5 nitrogen and oxygen atoms in total. The minimum Gasteiger partial charge on any atom is -0.322 e. The highest BCUT2D eigenvalue weighted by Gasteiger charge is 2.31. The summed E-state index contributed by atoms with van der Waals surface area (Å²) in [7, 11) is 0. The molecule has 0 saturated carbocycles. The van der Waals surface area contributed by atoms with Crippen LogP contribution in [0.5, 0.6) is 0 Å². The average molecular weight is 601 g/mol. The van der Waals surface area contributed by atoms with Gasteiger partial charge in [0, 0.05) is 34.5 Å². The number of hydrogen-bond donors (Lipinski definition) is 1. The van der Waals surface area contributed by atoms with Crippen molar-refractivity contribution in [1.29, 1.82) is 0 Å². The van der Waals surface area contributed by atoms with E-state index in [1.54, 1.807) is 30.3 Å². The molecule has 0 radical (unpaired) electrons. The summed E-state index contributed by atoms with van der Waals surface area (Å²) in [4.78, 5) is 31.6. The lowest BCUT2D eigenvalue weighted by molar-refractivity contribution is 0.0970. The predicted molar refractivity (Wildman–Crippen MR) is 168 cm³/mol. The quantitative estimate of drug-likeness (QED) is 0.310. The van der Waals surface area contributed by atoms with Gasteiger partial charge in [-0.25, -0.2) is 0 Å². The number of amides is 2. The van der Waals surface area contributed by atoms with Crippen LogP contribution >= 0.6 is 35.6 Å². The monoisotopic (exact) mass is 599 g/mol. The lowest BCUT2D eigenvalue weighted by Crippen LogP contribution is -2.43. The molecule has 2 aliphatic rings. The molecular weight excluding hydrogens is 565 g/mol. The zero-order chi connectivity index (χ0) is 27.4. The minimum absolute atomic E-state index is 0. The SMILES string of the molecule is Cc1cc(NC(=O)c2ccccc2Cl)ccc1C(=O)N1c2ccc(Cl)cc2CCCC1CCN1CCCCC1.Cl. The van der Waals surface area contributed by atoms with E-state index < -0.39 is 0 Å². The number of likely N-dealkylation sites (tertiary alicyclic amines) is 1. The summed E-state index contributed by atoms with van der Waals surface area (Å²) >= 11 is 12.6. The molecule has 1 unspecified atom stereocenters. The van der Waals surface area contributed by atoms with E-state index in [2.05, 4.69) is 10.2 Å². The molecule has 1 fully saturated rings. The number of halogens is 3. The van der Waals surface area contributed by atoms with E-state index >= 15 is 0 Å². The Bertz CT molecular complexity index is 1360. The topological polar surface area (TPSA) is 52.7 Å². The van der Waals surface area contributed by atoms with E-state index in [9.17, 15) is 9.59 Å². The first kappa shape index (κ1) is 30.4. The van der Waals surface area contributed by atoms with Gasteiger partial charge in [-0.2, -0.15) is 0 Å². The third-order valence-electron chi connectivity index (χ3n) is 7.93. The molecule has 2 aliphatic heterocycles. The largest absolute Gasteiger partial charge is 0.322 e. The number of anilines is 2. The van der Waals surface area contributed by atoms with Crippen molar-refractivity contribution in [3.63, 3.8) is 0 Å². The van der Waals surface area contributed by atoms with Crippen molar-refractivity contribution in [3.8, 4) is 0 Å². The van der Waals surface area contributed by atoms with Crippen LogP contribution in [-0.4, -0.2) is 42.4 Å². The second kappa shape index (κ2) is 13.9. The van der Waals surface area contributed by atoms with Gasteiger partial charge in [-0.05, 0) is 118 Å². The molecule has 0 aromatic heterocycles. The van der Waals surface area contributed by atoms with Crippen LogP contribution in [0.25, 0.3) is 0 Å². The molecule has 0 bridgehead atoms. The number of hydrogen-bond acceptors (Lipinski definition) is 3. The summed E-state index contributed by atoms with van der Waals surface area (Å²) in [6.07, 6.45) is 7.66. The van der Waals surface area contributed by atoms with Crippen LogP contribution in [0.15, 0.2) is 60.7 Å². The van der Waals surface area contributed by atoms with Crippen molar-refractivity contribution in [3.05, 3.63) is 93.0 Å². The van der Waals surface area contributed by atoms with Crippen molar-refractivity contribution in [1.82, 2.24) is 4.90 Å². The first-order valence-electron chi connectivity index (χ1n) is 13.9. The van der Waals surface area contributed by atoms with Crippen LogP contribution in [0.1, 0.15) is 70.4 Å². The number of carbonyl (C=O) groups excluding carboxylic acids is 2. The maximum Gasteiger partial charge on any atom is 0.258 e. The average Bonchev–Trinajstić information content (AvgIpc) is 3.11. The molecule has 5 rings (SSSR count). The van der Waals surface area contributed by atoms with Crippen LogP contribution in [0.3, 0.4) is 0 Å². The number of carbonyl (C=O) groups is 2. The fourth-order valence-electron chi connectivity index (χ4n) is 5.86. The molecule has 0 spiro atoms. The van der Waals surface area contributed by atoms with Crippen molar-refractivity contribution in [2.75, 3.05) is 29.9 Å². The number of fused-ring (bicyclic) bond motifs is 1. The van der Waals surface area contributed by atoms with Crippen molar-refractivity contribution in [2.45, 2.75) is 57.9 Å². The number of benzene rings is 3. The Kier molecular flexibility index (Phi) is 10.5. The first-order valence-corrected chi connectivity index (χ1v) is 14.7. The van der Waals surface area contributed by atoms with E-state index in [1.165, 1.54) is 19.3 Å². The van der Waals surface area contributed by atoms with Crippen molar-refractivity contribution >= 4 is 58.8 Å². The van der Waals surface area contributed by atoms with Gasteiger partial charge in [0.2, 0.25) is 0 Å². The fourth-order valence-corrected chi connectivity index (χ4v) is 6.28. The fraction of sp³-hybridized carbons (Fsp3) is 0.375. The highest BCUT2D eigenvalue weighted by Crippen LogP contribution is 2.35. The first-order chi connectivity index (χ1) is 18.9. The minimum atomic E-state index is -0.282. The number of nitrogens with zero attached hydrogens (tertiary/aromatic N) is 2. The molecule has 1 saturated heterocycles. The maximum absolute atomic E-state index is 14.3. The Hall–Kier alpha value is -2.57. The highest BCUT2D eigenvalue weighted by atomic mass is 35.5. The molecule has 2 amide bonds. The zero-order valence-corrected chi connectivity index (χ0v) is 25.1. The van der Waals surface area contributed by atoms with E-state index in [4.69, 9.17) is 23.2 Å². The molecule has 212 valence electrons. The van der Waals surface area contributed by atoms with Gasteiger partial charge >= 0.3 is 0 Å². The van der Waals surface area contributed by atoms with Crippen LogP contribution in [-0.2, 0) is 6.42 Å². The molecule has 3 aromatic rings. The third-order valence-corrected chi connectivity index (χ3v) is 8.49. The number of aryl methyl sites for hydroxylation is 2. The maximum atomic E-state index is 14.3. The molecule has 40 heavy (non-hydrogen) atoms. The summed E-state index contributed by atoms with van der Waals surface area (Å²) in [5, 5.41) is 4.01. The van der Waals surface area contributed by atoms with E-state index in [-0.39, 0.29) is 30.3 Å². The van der Waals surface area contributed by atoms with Gasteiger partial charge < -0.3 is 15.1 Å². The van der Waals surface area contributed by atoms with Gasteiger partial charge in [-0.1, -0.05) is 41.8 Å². The summed E-state index contributed by atoms with van der Waals surface area (Å²) in [5.41, 5.74) is 4.56. The summed E-state index contributed by atoms with van der Waals surface area (Å²) < 4.78 is 0. The van der Waals surface area contributed by atoms with Crippen LogP contribution in [0.2, 0.25) is 10.0 Å². The lowest BCUT2D eigenvalue weighted by atomic mass is 10.0. The Balaban J connectivity index is 0.00000370. The molecule has 2 heterocycles. The van der Waals surface area contributed by atoms with Gasteiger partial charge in [0.05, 0.1) is 10.6 Å². The van der Waals surface area contributed by atoms with Gasteiger partial charge in [-0.15, -0.1) is 12.4 Å². The van der Waals surface area contributed by atoms with Crippen LogP contribution in [0, 0.1) is 6.92 Å². The number of piperidine rings is 1. The Morgan fingerprint density at radius 2 is 1.70 bits per heavy atom. The highest BCUT2D eigenvalue weighted by molar-refractivity contribution is 6.34. The van der Waals surface area contributed by atoms with Crippen molar-refractivity contribution in [2.24, 2.45) is 0 Å². The summed E-state index contributed by atoms with van der Waals surface area (Å²) in [5.74, 6) is -0.291. The predicted octanol–water partition coefficient (Wildman–Crippen LogP) is 8.20. The summed E-state index contributed by atoms with van der Waals surface area (Å²) in [6.45, 7) is 5.21. The second-order valence-electron chi connectivity index (χ2n) is 10.6.